The lowest BCUT2D eigenvalue weighted by Gasteiger charge is -2.30. The lowest BCUT2D eigenvalue weighted by atomic mass is 9.98. The van der Waals surface area contributed by atoms with Crippen molar-refractivity contribution in [3.8, 4) is 33.5 Å². The third kappa shape index (κ3) is 7.09. The van der Waals surface area contributed by atoms with Crippen LogP contribution in [0.2, 0.25) is 0 Å². The van der Waals surface area contributed by atoms with E-state index < -0.39 is 18.1 Å². The minimum absolute atomic E-state index is 0. The highest BCUT2D eigenvalue weighted by Gasteiger charge is 2.45. The van der Waals surface area contributed by atoms with Gasteiger partial charge in [0, 0.05) is 23.2 Å². The van der Waals surface area contributed by atoms with E-state index in [1.165, 1.54) is 13.2 Å². The van der Waals surface area contributed by atoms with Gasteiger partial charge in [-0.1, -0.05) is 44.2 Å². The van der Waals surface area contributed by atoms with E-state index in [4.69, 9.17) is 9.72 Å². The lowest BCUT2D eigenvalue weighted by molar-refractivity contribution is -0.135. The number of carbonyl (C=O) groups excluding carboxylic acids is 2. The summed E-state index contributed by atoms with van der Waals surface area (Å²) in [4.78, 5) is 43.3. The number of hydrogen-bond donors (Lipinski definition) is 4. The molecule has 4 N–H and O–H groups in total. The third-order valence-electron chi connectivity index (χ3n) is 10.4. The van der Waals surface area contributed by atoms with Gasteiger partial charge in [0.2, 0.25) is 5.91 Å². The summed E-state index contributed by atoms with van der Waals surface area (Å²) in [6, 6.07) is 15.4. The molecular formula is C38H42Cl3F2N7O3. The highest BCUT2D eigenvalue weighted by molar-refractivity contribution is 5.88. The highest BCUT2D eigenvalue weighted by atomic mass is 35.5. The van der Waals surface area contributed by atoms with Crippen LogP contribution in [0.15, 0.2) is 60.8 Å². The maximum atomic E-state index is 16.3. The molecule has 10 nitrogen and oxygen atoms in total. The average Bonchev–Trinajstić information content (AvgIpc) is 3.96. The Kier molecular flexibility index (Phi) is 11.8. The number of nitrogens with one attached hydrogen (secondary N) is 4. The van der Waals surface area contributed by atoms with E-state index in [1.807, 2.05) is 44.2 Å². The van der Waals surface area contributed by atoms with Crippen molar-refractivity contribution in [2.45, 2.75) is 63.6 Å². The van der Waals surface area contributed by atoms with Crippen LogP contribution in [0, 0.1) is 5.92 Å². The summed E-state index contributed by atoms with van der Waals surface area (Å²) >= 11 is 0. The number of ether oxygens (including phenoxy) is 1. The van der Waals surface area contributed by atoms with E-state index in [9.17, 15) is 9.59 Å². The van der Waals surface area contributed by atoms with Crippen molar-refractivity contribution in [1.29, 1.82) is 0 Å². The summed E-state index contributed by atoms with van der Waals surface area (Å²) in [6.45, 7) is 5.22. The van der Waals surface area contributed by atoms with Crippen LogP contribution in [-0.4, -0.2) is 63.1 Å². The molecule has 5 aromatic rings. The maximum absolute atomic E-state index is 16.3. The number of benzene rings is 3. The lowest BCUT2D eigenvalue weighted by Crippen LogP contribution is -2.51. The number of fused-ring (bicyclic) bond motifs is 4. The van der Waals surface area contributed by atoms with Gasteiger partial charge in [-0.25, -0.2) is 14.8 Å². The fourth-order valence-electron chi connectivity index (χ4n) is 7.71. The largest absolute Gasteiger partial charge is 0.453 e. The van der Waals surface area contributed by atoms with Gasteiger partial charge in [-0.3, -0.25) is 4.79 Å². The van der Waals surface area contributed by atoms with Crippen LogP contribution in [0.3, 0.4) is 0 Å². The van der Waals surface area contributed by atoms with Crippen LogP contribution >= 0.6 is 37.2 Å². The minimum Gasteiger partial charge on any atom is -0.453 e. The zero-order valence-corrected chi connectivity index (χ0v) is 31.8. The second-order valence-corrected chi connectivity index (χ2v) is 13.8. The molecule has 282 valence electrons. The first-order valence-electron chi connectivity index (χ1n) is 17.2. The molecule has 0 bridgehead atoms. The number of methoxy groups -OCH3 is 1. The van der Waals surface area contributed by atoms with Crippen molar-refractivity contribution in [3.05, 3.63) is 83.6 Å². The Bertz CT molecular complexity index is 2130. The Morgan fingerprint density at radius 3 is 2.26 bits per heavy atom. The molecule has 0 unspecified atom stereocenters. The van der Waals surface area contributed by atoms with Gasteiger partial charge >= 0.3 is 6.09 Å². The van der Waals surface area contributed by atoms with Crippen LogP contribution in [0.5, 0.6) is 0 Å². The second-order valence-electron chi connectivity index (χ2n) is 13.8. The van der Waals surface area contributed by atoms with Gasteiger partial charge in [-0.2, -0.15) is 8.78 Å². The Hall–Kier alpha value is -4.23. The normalized spacial score (nSPS) is 18.8. The predicted molar refractivity (Wildman–Crippen MR) is 207 cm³/mol. The molecule has 8 rings (SSSR count). The van der Waals surface area contributed by atoms with Gasteiger partial charge in [0.15, 0.2) is 0 Å². The van der Waals surface area contributed by atoms with Crippen LogP contribution in [0.25, 0.3) is 44.5 Å². The number of alkyl carbamates (subject to hydrolysis) is 1. The zero-order chi connectivity index (χ0) is 34.7. The number of rotatable bonds is 7. The molecule has 3 aliphatic rings. The van der Waals surface area contributed by atoms with Crippen molar-refractivity contribution in [1.82, 2.24) is 35.5 Å². The first-order chi connectivity index (χ1) is 24.1. The summed E-state index contributed by atoms with van der Waals surface area (Å²) in [5.41, 5.74) is 5.40. The number of halogens is 5. The van der Waals surface area contributed by atoms with Crippen molar-refractivity contribution in [2.75, 3.05) is 20.2 Å². The number of amides is 2. The summed E-state index contributed by atoms with van der Waals surface area (Å²) in [7, 11) is 1.26. The number of alkyl halides is 2. The zero-order valence-electron chi connectivity index (χ0n) is 29.4. The Labute approximate surface area is 324 Å². The van der Waals surface area contributed by atoms with Crippen LogP contribution in [0.4, 0.5) is 13.6 Å². The second kappa shape index (κ2) is 15.6. The van der Waals surface area contributed by atoms with Gasteiger partial charge < -0.3 is 30.2 Å². The summed E-state index contributed by atoms with van der Waals surface area (Å²) in [6.07, 6.45) is 4.57. The molecule has 2 saturated heterocycles. The third-order valence-corrected chi connectivity index (χ3v) is 10.4. The van der Waals surface area contributed by atoms with Gasteiger partial charge in [-0.15, -0.1) is 37.2 Å². The quantitative estimate of drug-likeness (QED) is 0.131. The summed E-state index contributed by atoms with van der Waals surface area (Å²) < 4.78 is 37.3. The van der Waals surface area contributed by atoms with Crippen LogP contribution < -0.4 is 10.6 Å². The topological polar surface area (TPSA) is 128 Å². The fourth-order valence-corrected chi connectivity index (χ4v) is 7.71. The van der Waals surface area contributed by atoms with E-state index in [2.05, 4.69) is 25.6 Å². The predicted octanol–water partition coefficient (Wildman–Crippen LogP) is 8.47. The molecule has 2 aromatic heterocycles. The fraction of sp³-hybridized carbons (Fsp3) is 0.368. The molecule has 3 aromatic carbocycles. The molecule has 1 aliphatic carbocycles. The van der Waals surface area contributed by atoms with Gasteiger partial charge in [0.1, 0.15) is 17.7 Å². The Morgan fingerprint density at radius 2 is 1.58 bits per heavy atom. The number of imidazole rings is 2. The molecule has 0 radical (unpaired) electrons. The monoisotopic (exact) mass is 787 g/mol. The number of nitrogens with zero attached hydrogens (tertiary/aromatic N) is 3. The Morgan fingerprint density at radius 1 is 0.906 bits per heavy atom. The number of carbonyl (C=O) groups is 2. The minimum atomic E-state index is -3.20. The highest BCUT2D eigenvalue weighted by Crippen LogP contribution is 2.52. The number of hydrogen-bond acceptors (Lipinski definition) is 6. The standard InChI is InChI=1S/C38H39F2N7O3.3ClH/c1-20(2)33(46-37(49)50-3)36(48)47-15-5-7-32(47)35-42-19-31(45-35)23-9-12-25-24-11-8-21(16-26(24)38(39,40)27(25)17-23)22-10-13-28-30(18-22)44-34(43-28)29-6-4-14-41-29;;;/h8-13,16-20,29,32-33,41H,4-7,14-15H2,1-3H3,(H,42,45)(H,43,44)(H,46,49);3*1H/t29-,32-,33-;;;/m0.../s1. The summed E-state index contributed by atoms with van der Waals surface area (Å²) in [5, 5.41) is 6.12. The van der Waals surface area contributed by atoms with E-state index in [0.29, 0.717) is 46.7 Å². The van der Waals surface area contributed by atoms with E-state index in [0.717, 1.165) is 48.2 Å². The van der Waals surface area contributed by atoms with Gasteiger partial charge in [0.05, 0.1) is 42.1 Å². The van der Waals surface area contributed by atoms with Gasteiger partial charge in [-0.05, 0) is 84.7 Å². The average molecular weight is 789 g/mol. The summed E-state index contributed by atoms with van der Waals surface area (Å²) in [5.74, 6) is -2.09. The molecule has 2 aliphatic heterocycles. The SMILES string of the molecule is COC(=O)N[C@H](C(=O)N1CCC[C@H]1c1ncc(-c2ccc3c(c2)C(F)(F)c2cc(-c4ccc5nc([C@@H]6CCCN6)[nH]c5c4)ccc2-3)[nH]1)C(C)C.Cl.Cl.Cl. The number of aromatic nitrogens is 4. The first-order valence-corrected chi connectivity index (χ1v) is 17.2. The van der Waals surface area contributed by atoms with Crippen molar-refractivity contribution in [3.63, 3.8) is 0 Å². The molecule has 15 heteroatoms. The number of H-pyrrole nitrogens is 2. The Balaban J connectivity index is 0.00000180. The molecule has 2 amide bonds. The first kappa shape index (κ1) is 40.0. The molecular weight excluding hydrogens is 747 g/mol. The van der Waals surface area contributed by atoms with Crippen LogP contribution in [-0.2, 0) is 15.5 Å². The number of likely N-dealkylation sites (tertiary alicyclic amines) is 1. The van der Waals surface area contributed by atoms with Crippen molar-refractivity contribution < 1.29 is 23.1 Å². The molecule has 53 heavy (non-hydrogen) atoms. The van der Waals surface area contributed by atoms with E-state index in [-0.39, 0.29) is 72.3 Å². The number of aromatic amines is 2. The van der Waals surface area contributed by atoms with E-state index >= 15 is 8.78 Å². The molecule has 0 spiro atoms. The van der Waals surface area contributed by atoms with Gasteiger partial charge in [0.25, 0.3) is 5.92 Å². The van der Waals surface area contributed by atoms with Crippen molar-refractivity contribution in [2.24, 2.45) is 5.92 Å². The van der Waals surface area contributed by atoms with E-state index in [1.54, 1.807) is 29.3 Å². The molecule has 3 atom stereocenters. The van der Waals surface area contributed by atoms with Crippen LogP contribution in [0.1, 0.15) is 74.4 Å². The smallest absolute Gasteiger partial charge is 0.407 e. The maximum Gasteiger partial charge on any atom is 0.407 e. The molecule has 0 saturated carbocycles. The molecule has 2 fully saturated rings. The molecule has 4 heterocycles. The van der Waals surface area contributed by atoms with Crippen molar-refractivity contribution >= 4 is 60.3 Å².